The number of thiocarbonyl (C=S) groups is 1. The van der Waals surface area contributed by atoms with Crippen molar-refractivity contribution in [2.24, 2.45) is 5.73 Å². The predicted octanol–water partition coefficient (Wildman–Crippen LogP) is 2.13. The van der Waals surface area contributed by atoms with Crippen LogP contribution in [0.3, 0.4) is 0 Å². The Bertz CT molecular complexity index is 633. The molecule has 0 saturated heterocycles. The molecule has 1 amide bonds. The fourth-order valence-electron chi connectivity index (χ4n) is 1.44. The molecule has 2 aromatic rings. The Hall–Kier alpha value is -1.86. The zero-order valence-electron chi connectivity index (χ0n) is 9.63. The van der Waals surface area contributed by atoms with E-state index in [1.54, 1.807) is 18.2 Å². The summed E-state index contributed by atoms with van der Waals surface area (Å²) in [7, 11) is 0. The normalized spacial score (nSPS) is 9.95. The van der Waals surface area contributed by atoms with Crippen molar-refractivity contribution in [2.75, 3.05) is 5.32 Å². The molecule has 0 radical (unpaired) electrons. The van der Waals surface area contributed by atoms with E-state index in [9.17, 15) is 4.79 Å². The zero-order valence-corrected chi connectivity index (χ0v) is 12.0. The van der Waals surface area contributed by atoms with Crippen LogP contribution in [0.1, 0.15) is 15.9 Å². The first kappa shape index (κ1) is 13.6. The molecule has 1 heterocycles. The summed E-state index contributed by atoms with van der Waals surface area (Å²) in [5.41, 5.74) is 7.13. The van der Waals surface area contributed by atoms with Gasteiger partial charge in [0.1, 0.15) is 11.3 Å². The molecule has 96 valence electrons. The molecule has 0 fully saturated rings. The summed E-state index contributed by atoms with van der Waals surface area (Å²) in [5, 5.41) is 2.73. The lowest BCUT2D eigenvalue weighted by Gasteiger charge is -2.10. The number of amides is 1. The largest absolute Gasteiger partial charge is 0.389 e. The lowest BCUT2D eigenvalue weighted by molar-refractivity contribution is 0.102. The summed E-state index contributed by atoms with van der Waals surface area (Å²) < 4.78 is 0.830. The first-order valence-corrected chi connectivity index (χ1v) is 6.44. The second kappa shape index (κ2) is 5.85. The number of hydrogen-bond acceptors (Lipinski definition) is 4. The summed E-state index contributed by atoms with van der Waals surface area (Å²) in [6.07, 6.45) is 4.22. The van der Waals surface area contributed by atoms with Gasteiger partial charge in [0, 0.05) is 22.4 Å². The van der Waals surface area contributed by atoms with Gasteiger partial charge in [-0.3, -0.25) is 4.79 Å². The summed E-state index contributed by atoms with van der Waals surface area (Å²) in [4.78, 5) is 19.8. The van der Waals surface area contributed by atoms with Gasteiger partial charge in [0.15, 0.2) is 0 Å². The Morgan fingerprint density at radius 1 is 1.32 bits per heavy atom. The molecule has 7 heteroatoms. The third-order valence-electron chi connectivity index (χ3n) is 2.32. The minimum absolute atomic E-state index is 0.209. The van der Waals surface area contributed by atoms with Crippen molar-refractivity contribution in [2.45, 2.75) is 0 Å². The van der Waals surface area contributed by atoms with Gasteiger partial charge in [0.05, 0.1) is 11.3 Å². The van der Waals surface area contributed by atoms with Gasteiger partial charge in [-0.15, -0.1) is 0 Å². The highest BCUT2D eigenvalue weighted by molar-refractivity contribution is 9.10. The maximum atomic E-state index is 12.0. The van der Waals surface area contributed by atoms with E-state index in [0.717, 1.165) is 4.47 Å². The summed E-state index contributed by atoms with van der Waals surface area (Å²) in [5.74, 6) is -0.319. The second-order valence-electron chi connectivity index (χ2n) is 3.64. The Balaban J connectivity index is 2.29. The number of carbonyl (C=O) groups is 1. The summed E-state index contributed by atoms with van der Waals surface area (Å²) >= 11 is 8.29. The third-order valence-corrected chi connectivity index (χ3v) is 3.03. The van der Waals surface area contributed by atoms with E-state index < -0.39 is 0 Å². The van der Waals surface area contributed by atoms with Crippen LogP contribution in [0.15, 0.2) is 41.4 Å². The molecule has 0 unspecified atom stereocenters. The molecule has 0 bridgehead atoms. The molecular formula is C12H9BrN4OS. The highest BCUT2D eigenvalue weighted by Crippen LogP contribution is 2.21. The highest BCUT2D eigenvalue weighted by Gasteiger charge is 2.11. The van der Waals surface area contributed by atoms with Gasteiger partial charge in [-0.1, -0.05) is 28.1 Å². The number of hydrogen-bond donors (Lipinski definition) is 2. The van der Waals surface area contributed by atoms with E-state index in [4.69, 9.17) is 18.0 Å². The SMILES string of the molecule is NC(=S)c1cc(Br)ccc1NC(=O)c1cncnc1. The van der Waals surface area contributed by atoms with Crippen molar-refractivity contribution in [3.8, 4) is 0 Å². The van der Waals surface area contributed by atoms with Gasteiger partial charge in [-0.2, -0.15) is 0 Å². The quantitative estimate of drug-likeness (QED) is 0.839. The van der Waals surface area contributed by atoms with Crippen LogP contribution < -0.4 is 11.1 Å². The van der Waals surface area contributed by atoms with Crippen LogP contribution >= 0.6 is 28.1 Å². The molecule has 2 rings (SSSR count). The van der Waals surface area contributed by atoms with Crippen molar-refractivity contribution in [1.29, 1.82) is 0 Å². The van der Waals surface area contributed by atoms with E-state index in [1.165, 1.54) is 18.7 Å². The Morgan fingerprint density at radius 3 is 2.63 bits per heavy atom. The van der Waals surface area contributed by atoms with E-state index in [1.807, 2.05) is 0 Å². The number of anilines is 1. The maximum absolute atomic E-state index is 12.0. The Kier molecular flexibility index (Phi) is 4.18. The molecule has 5 nitrogen and oxygen atoms in total. The van der Waals surface area contributed by atoms with Crippen LogP contribution in [0, 0.1) is 0 Å². The first-order valence-electron chi connectivity index (χ1n) is 5.23. The standard InChI is InChI=1S/C12H9BrN4OS/c13-8-1-2-10(9(3-8)11(14)19)17-12(18)7-4-15-6-16-5-7/h1-6H,(H2,14,19)(H,17,18). The van der Waals surface area contributed by atoms with Crippen molar-refractivity contribution < 1.29 is 4.79 Å². The fraction of sp³-hybridized carbons (Fsp3) is 0. The third kappa shape index (κ3) is 3.33. The topological polar surface area (TPSA) is 80.9 Å². The second-order valence-corrected chi connectivity index (χ2v) is 4.99. The molecule has 0 aliphatic carbocycles. The number of nitrogens with zero attached hydrogens (tertiary/aromatic N) is 2. The average Bonchev–Trinajstić information content (AvgIpc) is 2.41. The lowest BCUT2D eigenvalue weighted by atomic mass is 10.1. The molecule has 1 aromatic carbocycles. The summed E-state index contributed by atoms with van der Waals surface area (Å²) in [6, 6.07) is 5.26. The predicted molar refractivity (Wildman–Crippen MR) is 80.0 cm³/mol. The van der Waals surface area contributed by atoms with Crippen molar-refractivity contribution in [3.05, 3.63) is 52.5 Å². The van der Waals surface area contributed by atoms with Crippen LogP contribution in [-0.4, -0.2) is 20.9 Å². The van der Waals surface area contributed by atoms with Gasteiger partial charge in [0.2, 0.25) is 0 Å². The zero-order chi connectivity index (χ0) is 13.8. The van der Waals surface area contributed by atoms with Crippen LogP contribution in [0.5, 0.6) is 0 Å². The number of nitrogens with one attached hydrogen (secondary N) is 1. The van der Waals surface area contributed by atoms with Crippen molar-refractivity contribution >= 4 is 44.7 Å². The van der Waals surface area contributed by atoms with E-state index in [0.29, 0.717) is 16.8 Å². The average molecular weight is 337 g/mol. The minimum Gasteiger partial charge on any atom is -0.389 e. The minimum atomic E-state index is -0.319. The number of benzene rings is 1. The van der Waals surface area contributed by atoms with Crippen LogP contribution in [-0.2, 0) is 0 Å². The fourth-order valence-corrected chi connectivity index (χ4v) is 1.97. The number of carbonyl (C=O) groups excluding carboxylic acids is 1. The molecule has 0 aliphatic heterocycles. The molecule has 0 spiro atoms. The van der Waals surface area contributed by atoms with E-state index in [-0.39, 0.29) is 10.9 Å². The number of halogens is 1. The van der Waals surface area contributed by atoms with Gasteiger partial charge < -0.3 is 11.1 Å². The molecule has 19 heavy (non-hydrogen) atoms. The monoisotopic (exact) mass is 336 g/mol. The number of rotatable bonds is 3. The summed E-state index contributed by atoms with van der Waals surface area (Å²) in [6.45, 7) is 0. The first-order chi connectivity index (χ1) is 9.08. The number of aromatic nitrogens is 2. The van der Waals surface area contributed by atoms with Gasteiger partial charge in [-0.25, -0.2) is 9.97 Å². The van der Waals surface area contributed by atoms with Crippen molar-refractivity contribution in [3.63, 3.8) is 0 Å². The molecule has 0 saturated carbocycles. The molecule has 1 aromatic heterocycles. The number of nitrogens with two attached hydrogens (primary N) is 1. The lowest BCUT2D eigenvalue weighted by Crippen LogP contribution is -2.18. The van der Waals surface area contributed by atoms with Gasteiger partial charge in [0.25, 0.3) is 5.91 Å². The molecule has 3 N–H and O–H groups in total. The maximum Gasteiger partial charge on any atom is 0.258 e. The molecular weight excluding hydrogens is 328 g/mol. The van der Waals surface area contributed by atoms with Crippen molar-refractivity contribution in [1.82, 2.24) is 9.97 Å². The van der Waals surface area contributed by atoms with Gasteiger partial charge >= 0.3 is 0 Å². The van der Waals surface area contributed by atoms with E-state index in [2.05, 4.69) is 31.2 Å². The van der Waals surface area contributed by atoms with Crippen LogP contribution in [0.4, 0.5) is 5.69 Å². The van der Waals surface area contributed by atoms with Crippen LogP contribution in [0.25, 0.3) is 0 Å². The van der Waals surface area contributed by atoms with Gasteiger partial charge in [-0.05, 0) is 18.2 Å². The molecule has 0 atom stereocenters. The van der Waals surface area contributed by atoms with Crippen LogP contribution in [0.2, 0.25) is 0 Å². The molecule has 0 aliphatic rings. The van der Waals surface area contributed by atoms with E-state index >= 15 is 0 Å². The Labute approximate surface area is 123 Å². The smallest absolute Gasteiger partial charge is 0.258 e. The highest BCUT2D eigenvalue weighted by atomic mass is 79.9. The Morgan fingerprint density at radius 2 is 2.00 bits per heavy atom.